The Kier molecular flexibility index (Phi) is 8.02. The van der Waals surface area contributed by atoms with Crippen molar-refractivity contribution in [3.05, 3.63) is 115 Å². The molecule has 186 valence electrons. The van der Waals surface area contributed by atoms with Crippen molar-refractivity contribution in [2.75, 3.05) is 0 Å². The van der Waals surface area contributed by atoms with E-state index in [1.54, 1.807) is 19.1 Å². The van der Waals surface area contributed by atoms with Gasteiger partial charge in [0.15, 0.2) is 0 Å². The molecule has 0 aliphatic rings. The molecule has 2 heterocycles. The van der Waals surface area contributed by atoms with Crippen molar-refractivity contribution in [2.45, 2.75) is 26.9 Å². The van der Waals surface area contributed by atoms with E-state index in [9.17, 15) is 24.6 Å². The van der Waals surface area contributed by atoms with Crippen LogP contribution in [0.3, 0.4) is 0 Å². The fourth-order valence-electron chi connectivity index (χ4n) is 3.45. The van der Waals surface area contributed by atoms with Gasteiger partial charge in [-0.2, -0.15) is 20.7 Å². The Morgan fingerprint density at radius 2 is 1.59 bits per heavy atom. The minimum absolute atomic E-state index is 0.00978. The van der Waals surface area contributed by atoms with Crippen molar-refractivity contribution in [3.63, 3.8) is 0 Å². The van der Waals surface area contributed by atoms with Crippen LogP contribution < -0.4 is 0 Å². The van der Waals surface area contributed by atoms with Gasteiger partial charge in [-0.05, 0) is 49.2 Å². The smallest absolute Gasteiger partial charge is 0.261 e. The lowest BCUT2D eigenvalue weighted by molar-refractivity contribution is -0.385. The molecule has 37 heavy (non-hydrogen) atoms. The number of benzene rings is 2. The van der Waals surface area contributed by atoms with Gasteiger partial charge in [-0.3, -0.25) is 29.6 Å². The maximum Gasteiger partial charge on any atom is 0.309 e. The summed E-state index contributed by atoms with van der Waals surface area (Å²) in [6.45, 7) is 3.62. The first-order valence-corrected chi connectivity index (χ1v) is 10.7. The average molecular weight is 502 g/mol. The third-order valence-electron chi connectivity index (χ3n) is 5.37. The Morgan fingerprint density at radius 3 is 2.19 bits per heavy atom. The number of nitriles is 2. The van der Waals surface area contributed by atoms with Gasteiger partial charge in [0, 0.05) is 0 Å². The summed E-state index contributed by atoms with van der Waals surface area (Å²) in [5.74, 6) is -0.465. The summed E-state index contributed by atoms with van der Waals surface area (Å²) in [5.41, 5.74) is 2.74. The van der Waals surface area contributed by atoms with Gasteiger partial charge >= 0.3 is 11.4 Å². The molecule has 0 saturated heterocycles. The zero-order chi connectivity index (χ0) is 27.1. The maximum atomic E-state index is 13.2. The van der Waals surface area contributed by atoms with Gasteiger partial charge in [-0.25, -0.2) is 4.39 Å². The molecule has 0 fully saturated rings. The zero-order valence-corrected chi connectivity index (χ0v) is 19.7. The molecular weight excluding hydrogens is 483 g/mol. The third-order valence-corrected chi connectivity index (χ3v) is 5.37. The van der Waals surface area contributed by atoms with Gasteiger partial charge in [-0.1, -0.05) is 18.2 Å². The molecule has 0 aliphatic heterocycles. The number of halogens is 1. The molecule has 12 nitrogen and oxygen atoms in total. The van der Waals surface area contributed by atoms with E-state index in [1.807, 2.05) is 18.2 Å². The van der Waals surface area contributed by atoms with Crippen LogP contribution in [0.25, 0.3) is 0 Å². The first-order valence-electron chi connectivity index (χ1n) is 10.7. The summed E-state index contributed by atoms with van der Waals surface area (Å²) >= 11 is 0. The largest absolute Gasteiger partial charge is 0.309 e. The molecule has 0 aliphatic carbocycles. The lowest BCUT2D eigenvalue weighted by Crippen LogP contribution is -2.05. The highest BCUT2D eigenvalue weighted by molar-refractivity contribution is 5.40. The molecule has 2 aromatic heterocycles. The number of hydrogen-bond donors (Lipinski definition) is 0. The predicted octanol–water partition coefficient (Wildman–Crippen LogP) is 4.18. The quantitative estimate of drug-likeness (QED) is 0.279. The van der Waals surface area contributed by atoms with Gasteiger partial charge in [0.25, 0.3) is 0 Å². The van der Waals surface area contributed by atoms with Crippen LogP contribution in [0.2, 0.25) is 0 Å². The molecular formula is C24H19FN8O4. The van der Waals surface area contributed by atoms with E-state index in [0.717, 1.165) is 5.56 Å². The second-order valence-corrected chi connectivity index (χ2v) is 7.77. The number of aromatic nitrogens is 4. The van der Waals surface area contributed by atoms with E-state index in [-0.39, 0.29) is 23.6 Å². The Hall–Kier alpha value is -5.43. The normalized spacial score (nSPS) is 10.1. The van der Waals surface area contributed by atoms with E-state index in [2.05, 4.69) is 16.3 Å². The predicted molar refractivity (Wildman–Crippen MR) is 128 cm³/mol. The monoisotopic (exact) mass is 502 g/mol. The minimum atomic E-state index is -0.532. The summed E-state index contributed by atoms with van der Waals surface area (Å²) in [5, 5.41) is 47.3. The second kappa shape index (κ2) is 11.3. The van der Waals surface area contributed by atoms with E-state index in [0.29, 0.717) is 28.9 Å². The molecule has 4 rings (SSSR count). The standard InChI is InChI=1S/C12H9FN4O2.C12H10N4O2/c1-8-12(17(18)19)7-16(15-8)6-10-4-11(13)3-2-9(10)5-14;1-9-12(16(17)18)7-14-15(9)8-11-5-3-2-4-10(11)6-13/h2-4,7H,6H2,1H3;2-5,7H,8H2,1H3. The molecule has 0 saturated carbocycles. The van der Waals surface area contributed by atoms with Crippen LogP contribution in [0.4, 0.5) is 15.8 Å². The summed E-state index contributed by atoms with van der Waals surface area (Å²) in [4.78, 5) is 20.4. The minimum Gasteiger partial charge on any atom is -0.261 e. The van der Waals surface area contributed by atoms with Crippen LogP contribution >= 0.6 is 0 Å². The summed E-state index contributed by atoms with van der Waals surface area (Å²) in [6.07, 6.45) is 2.49. The topological polar surface area (TPSA) is 169 Å². The maximum absolute atomic E-state index is 13.2. The van der Waals surface area contributed by atoms with E-state index >= 15 is 0 Å². The van der Waals surface area contributed by atoms with E-state index < -0.39 is 15.7 Å². The summed E-state index contributed by atoms with van der Waals surface area (Å²) in [6, 6.07) is 14.9. The number of hydrogen-bond acceptors (Lipinski definition) is 8. The molecule has 13 heteroatoms. The van der Waals surface area contributed by atoms with Crippen molar-refractivity contribution in [1.29, 1.82) is 10.5 Å². The highest BCUT2D eigenvalue weighted by Crippen LogP contribution is 2.19. The van der Waals surface area contributed by atoms with Crippen LogP contribution in [-0.2, 0) is 13.1 Å². The Bertz CT molecular complexity index is 1560. The fourth-order valence-corrected chi connectivity index (χ4v) is 3.45. The molecule has 0 amide bonds. The molecule has 0 atom stereocenters. The molecule has 0 unspecified atom stereocenters. The van der Waals surface area contributed by atoms with Crippen molar-refractivity contribution in [2.24, 2.45) is 0 Å². The van der Waals surface area contributed by atoms with Gasteiger partial charge in [0.1, 0.15) is 29.6 Å². The number of aryl methyl sites for hydroxylation is 1. The lowest BCUT2D eigenvalue weighted by atomic mass is 10.1. The first kappa shape index (κ1) is 26.2. The Morgan fingerprint density at radius 1 is 0.946 bits per heavy atom. The molecule has 0 spiro atoms. The molecule has 0 bridgehead atoms. The molecule has 2 aromatic carbocycles. The lowest BCUT2D eigenvalue weighted by Gasteiger charge is -2.05. The number of rotatable bonds is 6. The van der Waals surface area contributed by atoms with Gasteiger partial charge < -0.3 is 0 Å². The van der Waals surface area contributed by atoms with Crippen LogP contribution in [0.1, 0.15) is 33.6 Å². The second-order valence-electron chi connectivity index (χ2n) is 7.77. The molecule has 0 N–H and O–H groups in total. The highest BCUT2D eigenvalue weighted by atomic mass is 19.1. The first-order chi connectivity index (χ1) is 17.6. The Balaban J connectivity index is 0.000000206. The van der Waals surface area contributed by atoms with E-state index in [4.69, 9.17) is 10.5 Å². The Labute approximate surface area is 209 Å². The fraction of sp³-hybridized carbons (Fsp3) is 0.167. The zero-order valence-electron chi connectivity index (χ0n) is 19.7. The third kappa shape index (κ3) is 6.17. The van der Waals surface area contributed by atoms with Crippen molar-refractivity contribution in [1.82, 2.24) is 19.6 Å². The van der Waals surface area contributed by atoms with Crippen LogP contribution in [0.5, 0.6) is 0 Å². The van der Waals surface area contributed by atoms with Crippen LogP contribution in [0, 0.1) is 62.6 Å². The highest BCUT2D eigenvalue weighted by Gasteiger charge is 2.17. The van der Waals surface area contributed by atoms with Gasteiger partial charge in [0.05, 0.1) is 46.2 Å². The van der Waals surface area contributed by atoms with Crippen LogP contribution in [-0.4, -0.2) is 29.4 Å². The van der Waals surface area contributed by atoms with Crippen molar-refractivity contribution in [3.8, 4) is 12.1 Å². The van der Waals surface area contributed by atoms with Crippen molar-refractivity contribution < 1.29 is 14.2 Å². The number of nitro groups is 2. The van der Waals surface area contributed by atoms with Gasteiger partial charge in [0.2, 0.25) is 0 Å². The summed E-state index contributed by atoms with van der Waals surface area (Å²) in [7, 11) is 0. The molecule has 0 radical (unpaired) electrons. The van der Waals surface area contributed by atoms with Crippen molar-refractivity contribution >= 4 is 11.4 Å². The summed E-state index contributed by atoms with van der Waals surface area (Å²) < 4.78 is 16.0. The van der Waals surface area contributed by atoms with Gasteiger partial charge in [-0.15, -0.1) is 0 Å². The van der Waals surface area contributed by atoms with Crippen LogP contribution in [0.15, 0.2) is 54.9 Å². The van der Waals surface area contributed by atoms with E-state index in [1.165, 1.54) is 46.9 Å². The SMILES string of the molecule is Cc1c([N+](=O)[O-])cnn1Cc1ccccc1C#N.Cc1nn(Cc2cc(F)ccc2C#N)cc1[N+](=O)[O-]. The number of nitrogens with zero attached hydrogens (tertiary/aromatic N) is 8. The average Bonchev–Trinajstić information content (AvgIpc) is 3.42. The molecule has 4 aromatic rings.